The molecular weight excluding hydrogens is 410 g/mol. The number of amides is 1. The molecule has 0 saturated heterocycles. The first-order valence-electron chi connectivity index (χ1n) is 8.93. The van der Waals surface area contributed by atoms with Crippen molar-refractivity contribution < 1.29 is 4.79 Å². The summed E-state index contributed by atoms with van der Waals surface area (Å²) in [5.41, 5.74) is 2.72. The van der Waals surface area contributed by atoms with Gasteiger partial charge in [-0.05, 0) is 53.1 Å². The Kier molecular flexibility index (Phi) is 4.55. The molecule has 0 saturated carbocycles. The van der Waals surface area contributed by atoms with Gasteiger partial charge in [-0.25, -0.2) is 4.98 Å². The molecule has 0 radical (unpaired) electrons. The van der Waals surface area contributed by atoms with E-state index in [1.54, 1.807) is 34.8 Å². The Hall–Kier alpha value is -2.41. The van der Waals surface area contributed by atoms with Crippen LogP contribution in [0.4, 0.5) is 0 Å². The van der Waals surface area contributed by atoms with Crippen LogP contribution in [0.2, 0.25) is 5.15 Å². The SMILES string of the molecule is O=C(C=Cc1c(Cl)nc2ccccn12)N1CCc2sccc2C1c1cccs1. The van der Waals surface area contributed by atoms with Crippen LogP contribution < -0.4 is 0 Å². The molecule has 5 rings (SSSR count). The smallest absolute Gasteiger partial charge is 0.247 e. The van der Waals surface area contributed by atoms with Crippen molar-refractivity contribution in [2.24, 2.45) is 0 Å². The summed E-state index contributed by atoms with van der Waals surface area (Å²) in [6, 6.07) is 12.0. The highest BCUT2D eigenvalue weighted by Gasteiger charge is 2.32. The van der Waals surface area contributed by atoms with Crippen LogP contribution in [0.5, 0.6) is 0 Å². The van der Waals surface area contributed by atoms with Gasteiger partial charge in [-0.15, -0.1) is 22.7 Å². The fourth-order valence-corrected chi connectivity index (χ4v) is 5.69. The summed E-state index contributed by atoms with van der Waals surface area (Å²) in [5.74, 6) is -0.0165. The Balaban J connectivity index is 1.49. The minimum Gasteiger partial charge on any atom is -0.327 e. The van der Waals surface area contributed by atoms with Crippen LogP contribution in [0.15, 0.2) is 59.4 Å². The zero-order chi connectivity index (χ0) is 19.1. The Morgan fingerprint density at radius 1 is 1.18 bits per heavy atom. The molecule has 0 aliphatic carbocycles. The number of carbonyl (C=O) groups is 1. The monoisotopic (exact) mass is 425 g/mol. The second-order valence-corrected chi connectivity index (χ2v) is 8.89. The third kappa shape index (κ3) is 2.98. The zero-order valence-electron chi connectivity index (χ0n) is 14.8. The molecule has 0 spiro atoms. The molecule has 0 bridgehead atoms. The van der Waals surface area contributed by atoms with Crippen LogP contribution in [-0.2, 0) is 11.2 Å². The van der Waals surface area contributed by atoms with Gasteiger partial charge in [-0.2, -0.15) is 0 Å². The standard InChI is InChI=1S/C21H16ClN3OS2/c22-21-15(24-10-2-1-5-18(24)23-21)6-7-19(26)25-11-8-16-14(9-13-28-16)20(25)17-4-3-12-27-17/h1-7,9-10,12-13,20H,8,11H2. The molecule has 1 aliphatic heterocycles. The number of fused-ring (bicyclic) bond motifs is 2. The Labute approximate surface area is 175 Å². The van der Waals surface area contributed by atoms with Gasteiger partial charge in [0.05, 0.1) is 11.7 Å². The lowest BCUT2D eigenvalue weighted by atomic mass is 9.98. The van der Waals surface area contributed by atoms with E-state index in [2.05, 4.69) is 27.9 Å². The van der Waals surface area contributed by atoms with Gasteiger partial charge in [0.25, 0.3) is 0 Å². The Morgan fingerprint density at radius 2 is 2.11 bits per heavy atom. The second kappa shape index (κ2) is 7.20. The highest BCUT2D eigenvalue weighted by atomic mass is 35.5. The second-order valence-electron chi connectivity index (χ2n) is 6.55. The molecule has 1 aliphatic rings. The number of hydrogen-bond donors (Lipinski definition) is 0. The fourth-order valence-electron chi connectivity index (χ4n) is 3.69. The van der Waals surface area contributed by atoms with Gasteiger partial charge in [-0.3, -0.25) is 9.20 Å². The molecular formula is C21H16ClN3OS2. The van der Waals surface area contributed by atoms with Gasteiger partial charge in [0.2, 0.25) is 5.91 Å². The number of thiophene rings is 2. The molecule has 5 heterocycles. The van der Waals surface area contributed by atoms with Crippen molar-refractivity contribution in [3.05, 3.63) is 85.6 Å². The van der Waals surface area contributed by atoms with Crippen LogP contribution in [0, 0.1) is 0 Å². The first-order valence-corrected chi connectivity index (χ1v) is 11.1. The molecule has 28 heavy (non-hydrogen) atoms. The molecule has 7 heteroatoms. The van der Waals surface area contributed by atoms with Gasteiger partial charge in [0.15, 0.2) is 5.15 Å². The van der Waals surface area contributed by atoms with E-state index in [1.165, 1.54) is 15.3 Å². The van der Waals surface area contributed by atoms with E-state index >= 15 is 0 Å². The largest absolute Gasteiger partial charge is 0.327 e. The van der Waals surface area contributed by atoms with Gasteiger partial charge < -0.3 is 4.90 Å². The van der Waals surface area contributed by atoms with Gasteiger partial charge in [0, 0.05) is 28.6 Å². The van der Waals surface area contributed by atoms with Crippen molar-refractivity contribution in [3.63, 3.8) is 0 Å². The maximum absolute atomic E-state index is 13.2. The molecule has 4 nitrogen and oxygen atoms in total. The normalized spacial score (nSPS) is 16.8. The minimum absolute atomic E-state index is 0.0165. The molecule has 4 aromatic rings. The van der Waals surface area contributed by atoms with Crippen molar-refractivity contribution in [1.29, 1.82) is 0 Å². The van der Waals surface area contributed by atoms with Crippen molar-refractivity contribution in [3.8, 4) is 0 Å². The van der Waals surface area contributed by atoms with E-state index in [1.807, 2.05) is 39.8 Å². The van der Waals surface area contributed by atoms with Gasteiger partial charge >= 0.3 is 0 Å². The Morgan fingerprint density at radius 3 is 2.96 bits per heavy atom. The van der Waals surface area contributed by atoms with Crippen molar-refractivity contribution >= 4 is 51.9 Å². The maximum atomic E-state index is 13.2. The summed E-state index contributed by atoms with van der Waals surface area (Å²) < 4.78 is 1.88. The Bertz CT molecular complexity index is 1180. The lowest BCUT2D eigenvalue weighted by Crippen LogP contribution is -2.38. The van der Waals surface area contributed by atoms with E-state index in [0.717, 1.165) is 12.1 Å². The number of carbonyl (C=O) groups excluding carboxylic acids is 1. The van der Waals surface area contributed by atoms with Crippen LogP contribution in [0.25, 0.3) is 11.7 Å². The summed E-state index contributed by atoms with van der Waals surface area (Å²) in [6.45, 7) is 0.708. The topological polar surface area (TPSA) is 37.6 Å². The fraction of sp³-hybridized carbons (Fsp3) is 0.143. The van der Waals surface area contributed by atoms with E-state index in [0.29, 0.717) is 17.4 Å². The van der Waals surface area contributed by atoms with E-state index < -0.39 is 0 Å². The third-order valence-corrected chi connectivity index (χ3v) is 7.17. The highest BCUT2D eigenvalue weighted by molar-refractivity contribution is 7.10. The first-order chi connectivity index (χ1) is 13.7. The van der Waals surface area contributed by atoms with E-state index in [4.69, 9.17) is 11.6 Å². The van der Waals surface area contributed by atoms with E-state index in [-0.39, 0.29) is 11.9 Å². The average Bonchev–Trinajstić information content (AvgIpc) is 3.44. The number of imidazole rings is 1. The van der Waals surface area contributed by atoms with Crippen molar-refractivity contribution in [1.82, 2.24) is 14.3 Å². The van der Waals surface area contributed by atoms with Crippen molar-refractivity contribution in [2.45, 2.75) is 12.5 Å². The van der Waals surface area contributed by atoms with Gasteiger partial charge in [-0.1, -0.05) is 23.7 Å². The van der Waals surface area contributed by atoms with Crippen molar-refractivity contribution in [2.75, 3.05) is 6.54 Å². The highest BCUT2D eigenvalue weighted by Crippen LogP contribution is 2.39. The van der Waals surface area contributed by atoms with Crippen LogP contribution in [0.1, 0.15) is 27.1 Å². The lowest BCUT2D eigenvalue weighted by molar-refractivity contribution is -0.127. The third-order valence-electron chi connectivity index (χ3n) is 4.97. The predicted octanol–water partition coefficient (Wildman–Crippen LogP) is 5.30. The van der Waals surface area contributed by atoms with Crippen LogP contribution in [0.3, 0.4) is 0 Å². The number of pyridine rings is 1. The van der Waals surface area contributed by atoms with Gasteiger partial charge in [0.1, 0.15) is 5.65 Å². The van der Waals surface area contributed by atoms with Crippen LogP contribution in [-0.4, -0.2) is 26.7 Å². The molecule has 1 amide bonds. The summed E-state index contributed by atoms with van der Waals surface area (Å²) in [4.78, 5) is 22.0. The molecule has 0 fully saturated rings. The summed E-state index contributed by atoms with van der Waals surface area (Å²) in [7, 11) is 0. The number of nitrogens with zero attached hydrogens (tertiary/aromatic N) is 3. The predicted molar refractivity (Wildman–Crippen MR) is 115 cm³/mol. The average molecular weight is 426 g/mol. The zero-order valence-corrected chi connectivity index (χ0v) is 17.2. The molecule has 1 atom stereocenters. The maximum Gasteiger partial charge on any atom is 0.247 e. The lowest BCUT2D eigenvalue weighted by Gasteiger charge is -2.34. The number of hydrogen-bond acceptors (Lipinski definition) is 4. The first kappa shape index (κ1) is 17.7. The molecule has 140 valence electrons. The van der Waals surface area contributed by atoms with E-state index in [9.17, 15) is 4.79 Å². The number of halogens is 1. The number of aromatic nitrogens is 2. The summed E-state index contributed by atoms with van der Waals surface area (Å²) >= 11 is 9.76. The molecule has 0 N–H and O–H groups in total. The summed E-state index contributed by atoms with van der Waals surface area (Å²) in [6.07, 6.45) is 6.16. The summed E-state index contributed by atoms with van der Waals surface area (Å²) in [5, 5.41) is 4.57. The molecule has 1 unspecified atom stereocenters. The number of rotatable bonds is 3. The molecule has 0 aromatic carbocycles. The minimum atomic E-state index is -0.0233. The quantitative estimate of drug-likeness (QED) is 0.418. The molecule has 4 aromatic heterocycles. The van der Waals surface area contributed by atoms with Crippen LogP contribution >= 0.6 is 34.3 Å².